The van der Waals surface area contributed by atoms with Crippen molar-refractivity contribution in [2.75, 3.05) is 19.7 Å². The molecule has 6 heteroatoms. The van der Waals surface area contributed by atoms with Crippen LogP contribution >= 0.6 is 11.6 Å². The molecule has 0 aliphatic carbocycles. The Morgan fingerprint density at radius 1 is 1.58 bits per heavy atom. The Hall–Kier alpha value is -0.910. The Balaban J connectivity index is 1.82. The molecule has 0 radical (unpaired) electrons. The molecule has 1 aliphatic heterocycles. The lowest BCUT2D eigenvalue weighted by molar-refractivity contribution is 0.0312. The molecule has 1 N–H and O–H groups in total. The number of piperidine rings is 1. The van der Waals surface area contributed by atoms with Crippen molar-refractivity contribution in [2.24, 2.45) is 0 Å². The molecule has 2 rings (SSSR count). The Morgan fingerprint density at radius 3 is 3.00 bits per heavy atom. The number of nitrogens with one attached hydrogen (secondary N) is 1. The molecule has 0 unspecified atom stereocenters. The van der Waals surface area contributed by atoms with E-state index in [0.29, 0.717) is 30.3 Å². The van der Waals surface area contributed by atoms with Crippen molar-refractivity contribution in [3.63, 3.8) is 0 Å². The maximum Gasteiger partial charge on any atom is 0.184 e. The van der Waals surface area contributed by atoms with Crippen LogP contribution in [0, 0.1) is 0 Å². The lowest BCUT2D eigenvalue weighted by atomic mass is 10.1. The van der Waals surface area contributed by atoms with Gasteiger partial charge in [-0.3, -0.25) is 9.48 Å². The van der Waals surface area contributed by atoms with Crippen LogP contribution in [0.25, 0.3) is 0 Å². The van der Waals surface area contributed by atoms with Crippen LogP contribution in [0.5, 0.6) is 0 Å². The molecule has 2 heterocycles. The Kier molecular flexibility index (Phi) is 5.36. The van der Waals surface area contributed by atoms with Crippen LogP contribution in [0.15, 0.2) is 6.20 Å². The smallest absolute Gasteiger partial charge is 0.184 e. The topological polar surface area (TPSA) is 56.2 Å². The number of hydrogen-bond donors (Lipinski definition) is 1. The number of carbonyl (C=O) groups excluding carboxylic acids is 1. The van der Waals surface area contributed by atoms with Crippen LogP contribution in [0.4, 0.5) is 0 Å². The standard InChI is InChI=1S/C13H20ClN3O2/c1-2-17-13(11(14)9-16-17)12(18)5-8-19-10-3-6-15-7-4-10/h9-10,15H,2-8H2,1H3. The second-order valence-corrected chi connectivity index (χ2v) is 5.06. The van der Waals surface area contributed by atoms with Gasteiger partial charge in [-0.25, -0.2) is 0 Å². The average molecular weight is 286 g/mol. The van der Waals surface area contributed by atoms with Gasteiger partial charge in [-0.05, 0) is 32.9 Å². The van der Waals surface area contributed by atoms with Crippen molar-refractivity contribution in [3.8, 4) is 0 Å². The molecular weight excluding hydrogens is 266 g/mol. The lowest BCUT2D eigenvalue weighted by Gasteiger charge is -2.22. The van der Waals surface area contributed by atoms with Gasteiger partial charge < -0.3 is 10.1 Å². The fourth-order valence-corrected chi connectivity index (χ4v) is 2.52. The summed E-state index contributed by atoms with van der Waals surface area (Å²) in [6.45, 7) is 5.02. The third-order valence-electron chi connectivity index (χ3n) is 3.33. The number of Topliss-reactive ketones (excluding diaryl/α,β-unsaturated/α-hetero) is 1. The fourth-order valence-electron chi connectivity index (χ4n) is 2.28. The first-order valence-electron chi connectivity index (χ1n) is 6.79. The number of aryl methyl sites for hydroxylation is 1. The monoisotopic (exact) mass is 285 g/mol. The number of nitrogens with zero attached hydrogens (tertiary/aromatic N) is 2. The summed E-state index contributed by atoms with van der Waals surface area (Å²) in [6.07, 6.45) is 4.19. The third kappa shape index (κ3) is 3.78. The van der Waals surface area contributed by atoms with E-state index in [0.717, 1.165) is 25.9 Å². The molecule has 0 spiro atoms. The first kappa shape index (κ1) is 14.5. The number of halogens is 1. The summed E-state index contributed by atoms with van der Waals surface area (Å²) in [7, 11) is 0. The zero-order chi connectivity index (χ0) is 13.7. The third-order valence-corrected chi connectivity index (χ3v) is 3.60. The summed E-state index contributed by atoms with van der Waals surface area (Å²) in [5.41, 5.74) is 0.498. The van der Waals surface area contributed by atoms with Crippen molar-refractivity contribution in [3.05, 3.63) is 16.9 Å². The van der Waals surface area contributed by atoms with E-state index >= 15 is 0 Å². The number of carbonyl (C=O) groups is 1. The van der Waals surface area contributed by atoms with Crippen LogP contribution in [-0.4, -0.2) is 41.4 Å². The maximum absolute atomic E-state index is 12.1. The molecule has 19 heavy (non-hydrogen) atoms. The van der Waals surface area contributed by atoms with E-state index in [2.05, 4.69) is 10.4 Å². The normalized spacial score (nSPS) is 16.7. The Labute approximate surface area is 118 Å². The largest absolute Gasteiger partial charge is 0.378 e. The molecule has 1 saturated heterocycles. The van der Waals surface area contributed by atoms with Crippen molar-refractivity contribution in [1.29, 1.82) is 0 Å². The van der Waals surface area contributed by atoms with E-state index in [9.17, 15) is 4.79 Å². The number of hydrogen-bond acceptors (Lipinski definition) is 4. The molecular formula is C13H20ClN3O2. The van der Waals surface area contributed by atoms with Crippen LogP contribution < -0.4 is 5.32 Å². The van der Waals surface area contributed by atoms with E-state index in [1.807, 2.05) is 6.92 Å². The van der Waals surface area contributed by atoms with Gasteiger partial charge in [0.2, 0.25) is 0 Å². The highest BCUT2D eigenvalue weighted by atomic mass is 35.5. The summed E-state index contributed by atoms with van der Waals surface area (Å²) in [4.78, 5) is 12.1. The number of rotatable bonds is 6. The molecule has 0 bridgehead atoms. The maximum atomic E-state index is 12.1. The highest BCUT2D eigenvalue weighted by Crippen LogP contribution is 2.17. The zero-order valence-electron chi connectivity index (χ0n) is 11.2. The zero-order valence-corrected chi connectivity index (χ0v) is 11.9. The van der Waals surface area contributed by atoms with Crippen LogP contribution in [-0.2, 0) is 11.3 Å². The Bertz CT molecular complexity index is 428. The van der Waals surface area contributed by atoms with Crippen LogP contribution in [0.2, 0.25) is 5.02 Å². The first-order valence-corrected chi connectivity index (χ1v) is 7.17. The quantitative estimate of drug-likeness (QED) is 0.811. The second kappa shape index (κ2) is 7.03. The predicted molar refractivity (Wildman–Crippen MR) is 73.7 cm³/mol. The first-order chi connectivity index (χ1) is 9.22. The molecule has 0 atom stereocenters. The summed E-state index contributed by atoms with van der Waals surface area (Å²) in [5.74, 6) is -0.00159. The summed E-state index contributed by atoms with van der Waals surface area (Å²) >= 11 is 5.99. The van der Waals surface area contributed by atoms with E-state index < -0.39 is 0 Å². The molecule has 0 saturated carbocycles. The number of aromatic nitrogens is 2. The molecule has 5 nitrogen and oxygen atoms in total. The van der Waals surface area contributed by atoms with E-state index in [1.54, 1.807) is 4.68 Å². The van der Waals surface area contributed by atoms with Crippen LogP contribution in [0.1, 0.15) is 36.7 Å². The van der Waals surface area contributed by atoms with Gasteiger partial charge in [0.25, 0.3) is 0 Å². The number of ether oxygens (including phenoxy) is 1. The summed E-state index contributed by atoms with van der Waals surface area (Å²) in [6, 6.07) is 0. The minimum Gasteiger partial charge on any atom is -0.378 e. The molecule has 1 fully saturated rings. The van der Waals surface area contributed by atoms with E-state index in [4.69, 9.17) is 16.3 Å². The highest BCUT2D eigenvalue weighted by Gasteiger charge is 2.18. The minimum absolute atomic E-state index is 0.00159. The second-order valence-electron chi connectivity index (χ2n) is 4.65. The van der Waals surface area contributed by atoms with Gasteiger partial charge in [0.1, 0.15) is 5.69 Å². The van der Waals surface area contributed by atoms with Crippen molar-refractivity contribution < 1.29 is 9.53 Å². The van der Waals surface area contributed by atoms with Crippen molar-refractivity contribution in [1.82, 2.24) is 15.1 Å². The van der Waals surface area contributed by atoms with Crippen molar-refractivity contribution in [2.45, 2.75) is 38.8 Å². The summed E-state index contributed by atoms with van der Waals surface area (Å²) < 4.78 is 7.37. The SMILES string of the molecule is CCn1ncc(Cl)c1C(=O)CCOC1CCNCC1. The van der Waals surface area contributed by atoms with Gasteiger partial charge in [-0.2, -0.15) is 5.10 Å². The number of ketones is 1. The highest BCUT2D eigenvalue weighted by molar-refractivity contribution is 6.33. The van der Waals surface area contributed by atoms with Gasteiger partial charge >= 0.3 is 0 Å². The minimum atomic E-state index is -0.00159. The fraction of sp³-hybridized carbons (Fsp3) is 0.692. The molecule has 1 aromatic heterocycles. The van der Waals surface area contributed by atoms with E-state index in [-0.39, 0.29) is 11.9 Å². The molecule has 1 aliphatic rings. The average Bonchev–Trinajstić information content (AvgIpc) is 2.81. The lowest BCUT2D eigenvalue weighted by Crippen LogP contribution is -2.32. The predicted octanol–water partition coefficient (Wildman–Crippen LogP) is 1.90. The van der Waals surface area contributed by atoms with Crippen molar-refractivity contribution >= 4 is 17.4 Å². The van der Waals surface area contributed by atoms with Gasteiger partial charge in [0.15, 0.2) is 5.78 Å². The molecule has 106 valence electrons. The Morgan fingerprint density at radius 2 is 2.32 bits per heavy atom. The van der Waals surface area contributed by atoms with Crippen LogP contribution in [0.3, 0.4) is 0 Å². The van der Waals surface area contributed by atoms with Gasteiger partial charge in [0, 0.05) is 13.0 Å². The van der Waals surface area contributed by atoms with Gasteiger partial charge in [0.05, 0.1) is 23.9 Å². The van der Waals surface area contributed by atoms with E-state index in [1.165, 1.54) is 6.20 Å². The molecule has 1 aromatic rings. The van der Waals surface area contributed by atoms with Gasteiger partial charge in [-0.1, -0.05) is 11.6 Å². The van der Waals surface area contributed by atoms with Gasteiger partial charge in [-0.15, -0.1) is 0 Å². The molecule has 0 aromatic carbocycles. The molecule has 0 amide bonds. The summed E-state index contributed by atoms with van der Waals surface area (Å²) in [5, 5.41) is 7.78.